The number of rotatable bonds is 7. The molecule has 0 unspecified atom stereocenters. The first-order chi connectivity index (χ1) is 9.26. The van der Waals surface area contributed by atoms with E-state index in [-0.39, 0.29) is 0 Å². The van der Waals surface area contributed by atoms with Crippen LogP contribution >= 0.6 is 11.6 Å². The molecule has 0 saturated heterocycles. The van der Waals surface area contributed by atoms with Crippen LogP contribution in [0.5, 0.6) is 0 Å². The summed E-state index contributed by atoms with van der Waals surface area (Å²) in [5.41, 5.74) is 2.72. The Labute approximate surface area is 121 Å². The van der Waals surface area contributed by atoms with E-state index in [0.717, 1.165) is 30.1 Å². The molecule has 0 aliphatic heterocycles. The van der Waals surface area contributed by atoms with E-state index in [0.29, 0.717) is 0 Å². The summed E-state index contributed by atoms with van der Waals surface area (Å²) in [6.45, 7) is 5.47. The van der Waals surface area contributed by atoms with Crippen LogP contribution in [0.4, 0.5) is 5.69 Å². The highest BCUT2D eigenvalue weighted by Gasteiger charge is 2.25. The lowest BCUT2D eigenvalue weighted by Gasteiger charge is -2.26. The smallest absolute Gasteiger partial charge is 0.0412 e. The Morgan fingerprint density at radius 1 is 1.26 bits per heavy atom. The topological polar surface area (TPSA) is 15.3 Å². The van der Waals surface area contributed by atoms with Crippen LogP contribution in [0.1, 0.15) is 38.2 Å². The van der Waals surface area contributed by atoms with Gasteiger partial charge in [-0.15, -0.1) is 0 Å². The zero-order valence-corrected chi connectivity index (χ0v) is 12.4. The van der Waals surface area contributed by atoms with Crippen molar-refractivity contribution in [3.05, 3.63) is 28.8 Å². The largest absolute Gasteiger partial charge is 0.371 e. The average molecular weight is 279 g/mol. The predicted octanol–water partition coefficient (Wildman–Crippen LogP) is 3.83. The van der Waals surface area contributed by atoms with Crippen molar-refractivity contribution in [2.24, 2.45) is 5.92 Å². The van der Waals surface area contributed by atoms with E-state index >= 15 is 0 Å². The molecule has 2 aliphatic carbocycles. The third-order valence-electron chi connectivity index (χ3n) is 4.10. The van der Waals surface area contributed by atoms with Crippen LogP contribution in [-0.4, -0.2) is 19.1 Å². The Balaban J connectivity index is 1.75. The number of anilines is 1. The molecule has 0 atom stereocenters. The maximum absolute atomic E-state index is 6.17. The minimum atomic E-state index is 0.741. The van der Waals surface area contributed by atoms with Crippen LogP contribution in [0.3, 0.4) is 0 Å². The molecule has 2 fully saturated rings. The molecule has 0 bridgehead atoms. The molecule has 1 aromatic rings. The fraction of sp³-hybridized carbons (Fsp3) is 0.625. The lowest BCUT2D eigenvalue weighted by atomic mass is 10.1. The highest BCUT2D eigenvalue weighted by Crippen LogP contribution is 2.33. The van der Waals surface area contributed by atoms with Crippen LogP contribution in [0.25, 0.3) is 0 Å². The molecule has 2 nitrogen and oxygen atoms in total. The quantitative estimate of drug-likeness (QED) is 0.815. The Bertz CT molecular complexity index is 438. The molecule has 0 aromatic heterocycles. The van der Waals surface area contributed by atoms with E-state index in [1.54, 1.807) is 0 Å². The van der Waals surface area contributed by atoms with E-state index in [4.69, 9.17) is 11.6 Å². The number of hydrogen-bond acceptors (Lipinski definition) is 2. The van der Waals surface area contributed by atoms with Crippen molar-refractivity contribution in [1.82, 2.24) is 5.32 Å². The summed E-state index contributed by atoms with van der Waals surface area (Å²) >= 11 is 6.17. The first kappa shape index (κ1) is 13.3. The van der Waals surface area contributed by atoms with Crippen molar-refractivity contribution in [3.8, 4) is 0 Å². The SMILES string of the molecule is CCN(CC1CC1)c1ccc(Cl)cc1CNC1CC1. The van der Waals surface area contributed by atoms with Crippen molar-refractivity contribution in [3.63, 3.8) is 0 Å². The van der Waals surface area contributed by atoms with Gasteiger partial charge < -0.3 is 10.2 Å². The van der Waals surface area contributed by atoms with Gasteiger partial charge in [-0.3, -0.25) is 0 Å². The first-order valence-electron chi connectivity index (χ1n) is 7.53. The van der Waals surface area contributed by atoms with Crippen molar-refractivity contribution >= 4 is 17.3 Å². The van der Waals surface area contributed by atoms with Crippen molar-refractivity contribution < 1.29 is 0 Å². The van der Waals surface area contributed by atoms with Gasteiger partial charge >= 0.3 is 0 Å². The summed E-state index contributed by atoms with van der Waals surface area (Å²) in [6.07, 6.45) is 5.46. The average Bonchev–Trinajstić information content (AvgIpc) is 3.28. The molecule has 3 rings (SSSR count). The summed E-state index contributed by atoms with van der Waals surface area (Å²) in [7, 11) is 0. The van der Waals surface area contributed by atoms with Crippen molar-refractivity contribution in [2.75, 3.05) is 18.0 Å². The number of nitrogens with zero attached hydrogens (tertiary/aromatic N) is 1. The molecule has 0 heterocycles. The van der Waals surface area contributed by atoms with E-state index in [1.807, 2.05) is 6.07 Å². The van der Waals surface area contributed by atoms with Crippen molar-refractivity contribution in [1.29, 1.82) is 0 Å². The van der Waals surface area contributed by atoms with Crippen LogP contribution in [0.15, 0.2) is 18.2 Å². The van der Waals surface area contributed by atoms with Crippen LogP contribution in [0, 0.1) is 5.92 Å². The fourth-order valence-corrected chi connectivity index (χ4v) is 2.75. The van der Waals surface area contributed by atoms with Gasteiger partial charge in [0, 0.05) is 36.4 Å². The zero-order chi connectivity index (χ0) is 13.2. The zero-order valence-electron chi connectivity index (χ0n) is 11.7. The third-order valence-corrected chi connectivity index (χ3v) is 4.33. The standard InChI is InChI=1S/C16H23ClN2/c1-2-19(11-12-3-4-12)16-8-5-14(17)9-13(16)10-18-15-6-7-15/h5,8-9,12,15,18H,2-4,6-7,10-11H2,1H3. The van der Waals surface area contributed by atoms with Crippen LogP contribution in [-0.2, 0) is 6.54 Å². The molecular weight excluding hydrogens is 256 g/mol. The monoisotopic (exact) mass is 278 g/mol. The van der Waals surface area contributed by atoms with E-state index in [1.165, 1.54) is 43.5 Å². The van der Waals surface area contributed by atoms with Gasteiger partial charge in [0.2, 0.25) is 0 Å². The Morgan fingerprint density at radius 2 is 2.05 bits per heavy atom. The van der Waals surface area contributed by atoms with Gasteiger partial charge in [-0.1, -0.05) is 11.6 Å². The highest BCUT2D eigenvalue weighted by molar-refractivity contribution is 6.30. The summed E-state index contributed by atoms with van der Waals surface area (Å²) in [5, 5.41) is 4.45. The van der Waals surface area contributed by atoms with Gasteiger partial charge in [-0.05, 0) is 62.3 Å². The second-order valence-corrected chi connectivity index (χ2v) is 6.35. The maximum atomic E-state index is 6.17. The van der Waals surface area contributed by atoms with Crippen LogP contribution in [0.2, 0.25) is 5.02 Å². The van der Waals surface area contributed by atoms with Gasteiger partial charge in [0.25, 0.3) is 0 Å². The minimum absolute atomic E-state index is 0.741. The molecule has 0 spiro atoms. The molecule has 19 heavy (non-hydrogen) atoms. The van der Waals surface area contributed by atoms with Crippen molar-refractivity contribution in [2.45, 2.75) is 45.2 Å². The second-order valence-electron chi connectivity index (χ2n) is 5.91. The molecule has 3 heteroatoms. The molecule has 0 radical (unpaired) electrons. The number of halogens is 1. The summed E-state index contributed by atoms with van der Waals surface area (Å²) < 4.78 is 0. The van der Waals surface area contributed by atoms with Gasteiger partial charge in [-0.2, -0.15) is 0 Å². The molecule has 1 N–H and O–H groups in total. The van der Waals surface area contributed by atoms with Gasteiger partial charge in [0.1, 0.15) is 0 Å². The third kappa shape index (κ3) is 3.64. The maximum Gasteiger partial charge on any atom is 0.0412 e. The van der Waals surface area contributed by atoms with E-state index in [2.05, 4.69) is 29.3 Å². The van der Waals surface area contributed by atoms with Gasteiger partial charge in [0.05, 0.1) is 0 Å². The lowest BCUT2D eigenvalue weighted by molar-refractivity contribution is 0.678. The Morgan fingerprint density at radius 3 is 2.68 bits per heavy atom. The Hall–Kier alpha value is -0.730. The number of hydrogen-bond donors (Lipinski definition) is 1. The first-order valence-corrected chi connectivity index (χ1v) is 7.91. The van der Waals surface area contributed by atoms with Crippen LogP contribution < -0.4 is 10.2 Å². The normalized spacial score (nSPS) is 18.6. The van der Waals surface area contributed by atoms with E-state index in [9.17, 15) is 0 Å². The molecular formula is C16H23ClN2. The Kier molecular flexibility index (Phi) is 3.99. The molecule has 104 valence electrons. The number of benzene rings is 1. The summed E-state index contributed by atoms with van der Waals surface area (Å²) in [4.78, 5) is 2.51. The molecule has 2 saturated carbocycles. The molecule has 1 aromatic carbocycles. The summed E-state index contributed by atoms with van der Waals surface area (Å²) in [6, 6.07) is 7.08. The molecule has 0 amide bonds. The lowest BCUT2D eigenvalue weighted by Crippen LogP contribution is -2.27. The molecule has 2 aliphatic rings. The van der Waals surface area contributed by atoms with Gasteiger partial charge in [0.15, 0.2) is 0 Å². The highest BCUT2D eigenvalue weighted by atomic mass is 35.5. The second kappa shape index (κ2) is 5.72. The predicted molar refractivity (Wildman–Crippen MR) is 81.9 cm³/mol. The minimum Gasteiger partial charge on any atom is -0.371 e. The van der Waals surface area contributed by atoms with E-state index < -0.39 is 0 Å². The number of nitrogens with one attached hydrogen (secondary N) is 1. The fourth-order valence-electron chi connectivity index (χ4n) is 2.56. The van der Waals surface area contributed by atoms with Gasteiger partial charge in [-0.25, -0.2) is 0 Å². The summed E-state index contributed by atoms with van der Waals surface area (Å²) in [5.74, 6) is 0.917.